The van der Waals surface area contributed by atoms with E-state index in [1.54, 1.807) is 74.1 Å². The minimum atomic E-state index is -1.34. The minimum absolute atomic E-state index is 0.0564. The fraction of sp³-hybridized carbons (Fsp3) is 0.717. The molecule has 5 atom stereocenters. The number of aliphatic carboxylic acids is 1. The number of hydrogen-bond acceptors (Lipinski definition) is 10. The van der Waals surface area contributed by atoms with Gasteiger partial charge in [-0.15, -0.1) is 0 Å². The molecule has 1 aliphatic heterocycles. The lowest BCUT2D eigenvalue weighted by molar-refractivity contribution is -0.143. The Morgan fingerprint density at radius 1 is 0.656 bits per heavy atom. The van der Waals surface area contributed by atoms with Gasteiger partial charge in [0.15, 0.2) is 0 Å². The molecule has 0 aliphatic carbocycles. The number of hydrogen-bond donors (Lipinski definition) is 7. The van der Waals surface area contributed by atoms with Gasteiger partial charge < -0.3 is 56.1 Å². The van der Waals surface area contributed by atoms with Crippen LogP contribution in [-0.4, -0.2) is 125 Å². The van der Waals surface area contributed by atoms with Gasteiger partial charge in [0.05, 0.1) is 11.7 Å². The highest BCUT2D eigenvalue weighted by molar-refractivity contribution is 5.95. The first-order chi connectivity index (χ1) is 29.6. The zero-order chi connectivity index (χ0) is 48.5. The van der Waals surface area contributed by atoms with E-state index in [0.29, 0.717) is 51.6 Å². The highest BCUT2D eigenvalue weighted by atomic mass is 16.6. The maximum Gasteiger partial charge on any atom is 0.407 e. The molecule has 1 fully saturated rings. The third kappa shape index (κ3) is 21.0. The lowest BCUT2D eigenvalue weighted by atomic mass is 9.74. The molecule has 64 heavy (non-hydrogen) atoms. The van der Waals surface area contributed by atoms with Gasteiger partial charge in [-0.25, -0.2) is 19.2 Å². The van der Waals surface area contributed by atoms with Crippen molar-refractivity contribution in [1.29, 1.82) is 0 Å². The molecule has 7 N–H and O–H groups in total. The lowest BCUT2D eigenvalue weighted by Gasteiger charge is -2.40. The minimum Gasteiger partial charge on any atom is -0.480 e. The molecule has 1 heterocycles. The standard InChI is InChI=1S/C46H77N7O11/c1-30(36(54)50-34(39(57)58)23-17-19-27-48-42(61)64-45(9,10)11)49-38(56)35(31(2)62-43(3,4)5)52-37(55)33(22-16-18-26-47-41(60)63-44(6,7)8)51-40(59)53-28-24-46(12,25-29-53)32-20-14-13-15-21-32/h13-15,20-21,30-31,33-35H,16-19,22-29H2,1-12H3,(H,47,60)(H,48,61)(H,49,56)(H,50,54)(H,51,59)(H,52,55)(H,57,58)/t30-,31+,33-,34-,35-/m0/s1. The Balaban J connectivity index is 2.18. The Morgan fingerprint density at radius 2 is 1.16 bits per heavy atom. The van der Waals surface area contributed by atoms with Crippen LogP contribution in [0.25, 0.3) is 0 Å². The molecule has 0 aromatic heterocycles. The number of ether oxygens (including phenoxy) is 3. The van der Waals surface area contributed by atoms with E-state index in [0.717, 1.165) is 0 Å². The summed E-state index contributed by atoms with van der Waals surface area (Å²) in [5, 5.41) is 25.9. The topological polar surface area (TPSA) is 243 Å². The predicted octanol–water partition coefficient (Wildman–Crippen LogP) is 5.27. The number of nitrogens with one attached hydrogen (secondary N) is 6. The predicted molar refractivity (Wildman–Crippen MR) is 242 cm³/mol. The third-order valence-electron chi connectivity index (χ3n) is 10.4. The van der Waals surface area contributed by atoms with Gasteiger partial charge in [0, 0.05) is 26.2 Å². The molecule has 362 valence electrons. The summed E-state index contributed by atoms with van der Waals surface area (Å²) in [6.07, 6.45) is 1.21. The Hall–Kier alpha value is -5.13. The second kappa shape index (κ2) is 24.8. The number of urea groups is 1. The first-order valence-corrected chi connectivity index (χ1v) is 22.5. The summed E-state index contributed by atoms with van der Waals surface area (Å²) in [5.74, 6) is -3.46. The number of amides is 7. The van der Waals surface area contributed by atoms with Gasteiger partial charge in [-0.2, -0.15) is 0 Å². The number of piperidine rings is 1. The summed E-state index contributed by atoms with van der Waals surface area (Å²) in [6.45, 7) is 22.4. The Bertz CT molecular complexity index is 1700. The second-order valence-electron chi connectivity index (χ2n) is 19.8. The molecule has 7 amide bonds. The number of benzene rings is 1. The Morgan fingerprint density at radius 3 is 1.62 bits per heavy atom. The van der Waals surface area contributed by atoms with Crippen LogP contribution in [0.5, 0.6) is 0 Å². The molecule has 2 rings (SSSR count). The van der Waals surface area contributed by atoms with Crippen molar-refractivity contribution in [3.8, 4) is 0 Å². The van der Waals surface area contributed by atoms with Gasteiger partial charge in [0.2, 0.25) is 17.7 Å². The summed E-state index contributed by atoms with van der Waals surface area (Å²) in [5.41, 5.74) is -1.01. The SMILES string of the molecule is C[C@H](NC(=O)[C@@H](NC(=O)[C@H](CCCCNC(=O)OC(C)(C)C)NC(=O)N1CCC(C)(c2ccccc2)CC1)[C@@H](C)OC(C)(C)C)C(=O)N[C@@H](CCCCNC(=O)OC(C)(C)C)C(=O)O. The van der Waals surface area contributed by atoms with E-state index >= 15 is 0 Å². The molecule has 18 heteroatoms. The van der Waals surface area contributed by atoms with Crippen molar-refractivity contribution in [3.63, 3.8) is 0 Å². The normalized spacial score (nSPS) is 16.4. The van der Waals surface area contributed by atoms with Gasteiger partial charge in [-0.3, -0.25) is 14.4 Å². The molecule has 0 saturated carbocycles. The highest BCUT2D eigenvalue weighted by Gasteiger charge is 2.37. The van der Waals surface area contributed by atoms with E-state index in [9.17, 15) is 38.7 Å². The smallest absolute Gasteiger partial charge is 0.407 e. The number of alkyl carbamates (subject to hydrolysis) is 2. The van der Waals surface area contributed by atoms with Crippen LogP contribution in [0.1, 0.15) is 140 Å². The maximum atomic E-state index is 14.2. The molecule has 18 nitrogen and oxygen atoms in total. The van der Waals surface area contributed by atoms with Crippen molar-refractivity contribution in [1.82, 2.24) is 36.8 Å². The quantitative estimate of drug-likeness (QED) is 0.0784. The van der Waals surface area contributed by atoms with Crippen molar-refractivity contribution in [3.05, 3.63) is 35.9 Å². The first-order valence-electron chi connectivity index (χ1n) is 22.5. The molecule has 1 aromatic rings. The zero-order valence-corrected chi connectivity index (χ0v) is 40.2. The average molecular weight is 904 g/mol. The van der Waals surface area contributed by atoms with Gasteiger partial charge in [-0.1, -0.05) is 37.3 Å². The zero-order valence-electron chi connectivity index (χ0n) is 40.2. The lowest BCUT2D eigenvalue weighted by Crippen LogP contribution is -2.61. The number of carbonyl (C=O) groups excluding carboxylic acids is 6. The molecule has 1 aliphatic rings. The van der Waals surface area contributed by atoms with E-state index in [4.69, 9.17) is 14.2 Å². The van der Waals surface area contributed by atoms with Crippen LogP contribution in [-0.2, 0) is 38.8 Å². The number of nitrogens with zero attached hydrogens (tertiary/aromatic N) is 1. The van der Waals surface area contributed by atoms with Crippen molar-refractivity contribution < 1.29 is 52.9 Å². The van der Waals surface area contributed by atoms with E-state index in [1.807, 2.05) is 18.2 Å². The monoisotopic (exact) mass is 904 g/mol. The largest absolute Gasteiger partial charge is 0.480 e. The molecule has 0 unspecified atom stereocenters. The summed E-state index contributed by atoms with van der Waals surface area (Å²) in [7, 11) is 0. The van der Waals surface area contributed by atoms with Crippen LogP contribution >= 0.6 is 0 Å². The number of carbonyl (C=O) groups is 7. The van der Waals surface area contributed by atoms with Crippen LogP contribution in [0.3, 0.4) is 0 Å². The summed E-state index contributed by atoms with van der Waals surface area (Å²) in [4.78, 5) is 93.1. The van der Waals surface area contributed by atoms with E-state index in [2.05, 4.69) is 51.0 Å². The van der Waals surface area contributed by atoms with E-state index < -0.39 is 89.0 Å². The Labute approximate surface area is 379 Å². The first kappa shape index (κ1) is 55.0. The highest BCUT2D eigenvalue weighted by Crippen LogP contribution is 2.35. The van der Waals surface area contributed by atoms with Gasteiger partial charge in [0.25, 0.3) is 0 Å². The number of rotatable bonds is 21. The summed E-state index contributed by atoms with van der Waals surface area (Å²) >= 11 is 0. The number of carboxylic acid groups (broad SMARTS) is 1. The average Bonchev–Trinajstić information content (AvgIpc) is 3.16. The molecular formula is C46H77N7O11. The van der Waals surface area contributed by atoms with Crippen LogP contribution in [0, 0.1) is 0 Å². The molecule has 0 bridgehead atoms. The fourth-order valence-corrected chi connectivity index (χ4v) is 7.00. The van der Waals surface area contributed by atoms with Crippen molar-refractivity contribution in [2.45, 2.75) is 187 Å². The molecular weight excluding hydrogens is 827 g/mol. The summed E-state index contributed by atoms with van der Waals surface area (Å²) < 4.78 is 16.6. The third-order valence-corrected chi connectivity index (χ3v) is 10.4. The van der Waals surface area contributed by atoms with Crippen LogP contribution in [0.15, 0.2) is 30.3 Å². The Kier molecular flexibility index (Phi) is 21.3. The fourth-order valence-electron chi connectivity index (χ4n) is 7.00. The van der Waals surface area contributed by atoms with E-state index in [-0.39, 0.29) is 31.3 Å². The van der Waals surface area contributed by atoms with Gasteiger partial charge >= 0.3 is 24.2 Å². The van der Waals surface area contributed by atoms with Crippen molar-refractivity contribution >= 4 is 41.9 Å². The molecule has 0 radical (unpaired) electrons. The van der Waals surface area contributed by atoms with Crippen molar-refractivity contribution in [2.24, 2.45) is 0 Å². The number of likely N-dealkylation sites (tertiary alicyclic amines) is 1. The van der Waals surface area contributed by atoms with Crippen molar-refractivity contribution in [2.75, 3.05) is 26.2 Å². The molecule has 1 aromatic carbocycles. The maximum absolute atomic E-state index is 14.2. The van der Waals surface area contributed by atoms with Gasteiger partial charge in [0.1, 0.15) is 35.4 Å². The second-order valence-corrected chi connectivity index (χ2v) is 19.8. The summed E-state index contributed by atoms with van der Waals surface area (Å²) in [6, 6.07) is 4.77. The van der Waals surface area contributed by atoms with Gasteiger partial charge in [-0.05, 0) is 139 Å². The van der Waals surface area contributed by atoms with Crippen LogP contribution < -0.4 is 31.9 Å². The number of unbranched alkanes of at least 4 members (excludes halogenated alkanes) is 2. The number of carboxylic acids is 1. The van der Waals surface area contributed by atoms with Crippen LogP contribution in [0.2, 0.25) is 0 Å². The van der Waals surface area contributed by atoms with Crippen LogP contribution in [0.4, 0.5) is 14.4 Å². The molecule has 0 spiro atoms. The van der Waals surface area contributed by atoms with E-state index in [1.165, 1.54) is 12.5 Å². The molecule has 1 saturated heterocycles.